The van der Waals surface area contributed by atoms with Crippen LogP contribution < -0.4 is 21.3 Å². The number of hydrogen-bond donors (Lipinski definition) is 5. The summed E-state index contributed by atoms with van der Waals surface area (Å²) in [7, 11) is 0. The number of benzene rings is 2. The lowest BCUT2D eigenvalue weighted by molar-refractivity contribution is -0.134. The second-order valence-electron chi connectivity index (χ2n) is 13.6. The second kappa shape index (κ2) is 15.9. The van der Waals surface area contributed by atoms with E-state index in [0.717, 1.165) is 34.6 Å². The smallest absolute Gasteiger partial charge is 0.321 e. The van der Waals surface area contributed by atoms with Crippen LogP contribution in [-0.2, 0) is 22.7 Å². The molecule has 5 N–H and O–H groups in total. The Hall–Kier alpha value is -5.08. The summed E-state index contributed by atoms with van der Waals surface area (Å²) in [6.45, 7) is 9.63. The maximum Gasteiger partial charge on any atom is 0.321 e. The number of rotatable bonds is 12. The summed E-state index contributed by atoms with van der Waals surface area (Å²) in [4.78, 5) is 45.5. The monoisotopic (exact) mass is 699 g/mol. The number of piperazine rings is 1. The van der Waals surface area contributed by atoms with Crippen molar-refractivity contribution in [2.24, 2.45) is 0 Å². The van der Waals surface area contributed by atoms with Crippen LogP contribution in [-0.4, -0.2) is 86.2 Å². The summed E-state index contributed by atoms with van der Waals surface area (Å²) in [6.07, 6.45) is 3.11. The number of amides is 4. The van der Waals surface area contributed by atoms with Crippen molar-refractivity contribution in [2.75, 3.05) is 48.7 Å². The van der Waals surface area contributed by atoms with Crippen molar-refractivity contribution in [3.8, 4) is 0 Å². The van der Waals surface area contributed by atoms with E-state index < -0.39 is 17.6 Å². The molecule has 270 valence electrons. The number of nitrogens with zero attached hydrogens (tertiary/aromatic N) is 5. The zero-order valence-corrected chi connectivity index (χ0v) is 29.3. The van der Waals surface area contributed by atoms with E-state index in [0.29, 0.717) is 62.8 Å². The lowest BCUT2D eigenvalue weighted by Crippen LogP contribution is -2.49. The number of urea groups is 1. The zero-order chi connectivity index (χ0) is 36.1. The molecule has 4 heterocycles. The highest BCUT2D eigenvalue weighted by atomic mass is 19.1. The van der Waals surface area contributed by atoms with Crippen LogP contribution in [0.2, 0.25) is 0 Å². The van der Waals surface area contributed by atoms with Crippen LogP contribution >= 0.6 is 0 Å². The van der Waals surface area contributed by atoms with Crippen molar-refractivity contribution in [3.63, 3.8) is 0 Å². The first-order chi connectivity index (χ1) is 24.6. The molecule has 4 aromatic rings. The minimum atomic E-state index is -0.658. The summed E-state index contributed by atoms with van der Waals surface area (Å²) < 4.78 is 16.8. The van der Waals surface area contributed by atoms with Crippen molar-refractivity contribution >= 4 is 40.8 Å². The van der Waals surface area contributed by atoms with Gasteiger partial charge in [-0.25, -0.2) is 14.2 Å². The van der Waals surface area contributed by atoms with Crippen LogP contribution in [0.15, 0.2) is 54.7 Å². The number of piperidine rings is 1. The van der Waals surface area contributed by atoms with Crippen LogP contribution in [0.1, 0.15) is 74.1 Å². The fourth-order valence-corrected chi connectivity index (χ4v) is 6.48. The van der Waals surface area contributed by atoms with Crippen LogP contribution in [0.25, 0.3) is 5.65 Å². The molecule has 2 aromatic heterocycles. The second-order valence-corrected chi connectivity index (χ2v) is 13.6. The topological polar surface area (TPSA) is 156 Å². The minimum absolute atomic E-state index is 0.00967. The van der Waals surface area contributed by atoms with E-state index in [1.54, 1.807) is 15.5 Å². The van der Waals surface area contributed by atoms with Crippen molar-refractivity contribution in [2.45, 2.75) is 71.0 Å². The van der Waals surface area contributed by atoms with Gasteiger partial charge >= 0.3 is 6.03 Å². The maximum absolute atomic E-state index is 15.0. The number of anilines is 3. The van der Waals surface area contributed by atoms with Crippen molar-refractivity contribution in [1.82, 2.24) is 29.7 Å². The third-order valence-corrected chi connectivity index (χ3v) is 9.61. The molecular weight excluding hydrogens is 653 g/mol. The van der Waals surface area contributed by atoms with E-state index in [2.05, 4.69) is 45.1 Å². The summed E-state index contributed by atoms with van der Waals surface area (Å²) in [5, 5.41) is 26.4. The fraction of sp³-hybridized carbons (Fsp3) is 0.432. The third-order valence-electron chi connectivity index (χ3n) is 9.61. The number of nitrogens with one attached hydrogen (secondary N) is 4. The first-order valence-electron chi connectivity index (χ1n) is 17.6. The highest BCUT2D eigenvalue weighted by molar-refractivity contribution is 6.01. The SMILES string of the molecule is CC[C@@H](CO)Nc1cc(NCc2ccc(NC(=O)N3CCN(Cc4ccc(C5CCC(=O)NC5=O)c(F)c4)CC3)cc2)n2ncc(C(C)C)c2n1. The molecule has 2 saturated heterocycles. The molecule has 0 radical (unpaired) electrons. The minimum Gasteiger partial charge on any atom is -0.394 e. The quantitative estimate of drug-likeness (QED) is 0.133. The largest absolute Gasteiger partial charge is 0.394 e. The van der Waals surface area contributed by atoms with Gasteiger partial charge in [-0.2, -0.15) is 9.61 Å². The predicted octanol–water partition coefficient (Wildman–Crippen LogP) is 4.66. The molecule has 2 aromatic carbocycles. The Balaban J connectivity index is 0.999. The summed E-state index contributed by atoms with van der Waals surface area (Å²) in [5.41, 5.74) is 4.61. The average molecular weight is 700 g/mol. The van der Waals surface area contributed by atoms with Gasteiger partial charge < -0.3 is 26.0 Å². The highest BCUT2D eigenvalue weighted by Gasteiger charge is 2.30. The van der Waals surface area contributed by atoms with Crippen molar-refractivity contribution < 1.29 is 23.9 Å². The van der Waals surface area contributed by atoms with Crippen LogP contribution in [0.5, 0.6) is 0 Å². The lowest BCUT2D eigenvalue weighted by Gasteiger charge is -2.34. The molecule has 6 rings (SSSR count). The van der Waals surface area contributed by atoms with Crippen molar-refractivity contribution in [3.05, 3.63) is 82.8 Å². The van der Waals surface area contributed by atoms with E-state index in [1.165, 1.54) is 6.07 Å². The Morgan fingerprint density at radius 1 is 1.06 bits per heavy atom. The predicted molar refractivity (Wildman–Crippen MR) is 193 cm³/mol. The lowest BCUT2D eigenvalue weighted by atomic mass is 9.89. The Bertz CT molecular complexity index is 1870. The van der Waals surface area contributed by atoms with Crippen LogP contribution in [0, 0.1) is 5.82 Å². The van der Waals surface area contributed by atoms with Gasteiger partial charge in [-0.1, -0.05) is 45.0 Å². The van der Waals surface area contributed by atoms with Gasteiger partial charge in [-0.05, 0) is 48.1 Å². The molecule has 2 fully saturated rings. The standard InChI is InChI=1S/C37H46FN9O4/c1-4-26(22-48)41-32-18-33(47-35(43-32)30(20-40-47)23(2)3)39-19-24-5-8-27(9-6-24)42-37(51)46-15-13-45(14-16-46)21-25-7-10-28(31(38)17-25)29-11-12-34(49)44-36(29)50/h5-10,17-18,20,23,26,29,39,48H,4,11-16,19,21-22H2,1-3H3,(H,41,43)(H,42,51)(H,44,49,50)/t26-,29?/m0/s1. The number of aliphatic hydroxyl groups excluding tert-OH is 1. The molecule has 0 spiro atoms. The van der Waals surface area contributed by atoms with Crippen LogP contribution in [0.3, 0.4) is 0 Å². The molecule has 2 aliphatic rings. The van der Waals surface area contributed by atoms with E-state index >= 15 is 0 Å². The number of aliphatic hydroxyl groups is 1. The number of hydrogen-bond acceptors (Lipinski definition) is 9. The van der Waals surface area contributed by atoms with Gasteiger partial charge in [-0.3, -0.25) is 19.8 Å². The fourth-order valence-electron chi connectivity index (χ4n) is 6.48. The van der Waals surface area contributed by atoms with E-state index in [4.69, 9.17) is 4.98 Å². The number of carbonyl (C=O) groups is 3. The molecule has 0 aliphatic carbocycles. The van der Waals surface area contributed by atoms with Gasteiger partial charge in [0.1, 0.15) is 17.5 Å². The number of imide groups is 1. The summed E-state index contributed by atoms with van der Waals surface area (Å²) in [5.74, 6) is -0.196. The number of carbonyl (C=O) groups excluding carboxylic acids is 3. The number of aromatic nitrogens is 3. The van der Waals surface area contributed by atoms with Gasteiger partial charge in [0.2, 0.25) is 11.8 Å². The molecule has 51 heavy (non-hydrogen) atoms. The number of halogens is 1. The molecule has 1 unspecified atom stereocenters. The summed E-state index contributed by atoms with van der Waals surface area (Å²) in [6, 6.07) is 14.2. The Morgan fingerprint density at radius 3 is 2.47 bits per heavy atom. The summed E-state index contributed by atoms with van der Waals surface area (Å²) >= 11 is 0. The first-order valence-corrected chi connectivity index (χ1v) is 17.6. The molecule has 14 heteroatoms. The maximum atomic E-state index is 15.0. The Kier molecular flexibility index (Phi) is 11.1. The highest BCUT2D eigenvalue weighted by Crippen LogP contribution is 2.28. The van der Waals surface area contributed by atoms with Crippen LogP contribution in [0.4, 0.5) is 26.5 Å². The zero-order valence-electron chi connectivity index (χ0n) is 29.3. The van der Waals surface area contributed by atoms with Gasteiger partial charge in [0.25, 0.3) is 0 Å². The van der Waals surface area contributed by atoms with Gasteiger partial charge in [-0.15, -0.1) is 0 Å². The van der Waals surface area contributed by atoms with E-state index in [-0.39, 0.29) is 36.9 Å². The molecule has 0 bridgehead atoms. The van der Waals surface area contributed by atoms with Gasteiger partial charge in [0.15, 0.2) is 5.65 Å². The Labute approximate surface area is 296 Å². The first kappa shape index (κ1) is 35.7. The molecule has 0 saturated carbocycles. The Morgan fingerprint density at radius 2 is 1.80 bits per heavy atom. The third kappa shape index (κ3) is 8.46. The normalized spacial score (nSPS) is 17.5. The molecule has 13 nitrogen and oxygen atoms in total. The molecule has 4 amide bonds. The molecule has 2 aliphatic heterocycles. The van der Waals surface area contributed by atoms with Gasteiger partial charge in [0, 0.05) is 68.6 Å². The van der Waals surface area contributed by atoms with E-state index in [1.807, 2.05) is 49.5 Å². The average Bonchev–Trinajstić information content (AvgIpc) is 3.56. The molecule has 2 atom stereocenters. The van der Waals surface area contributed by atoms with Gasteiger partial charge in [0.05, 0.1) is 24.8 Å². The number of fused-ring (bicyclic) bond motifs is 1. The van der Waals surface area contributed by atoms with Crippen molar-refractivity contribution in [1.29, 1.82) is 0 Å². The molecular formula is C37H46FN9O4. The van der Waals surface area contributed by atoms with E-state index in [9.17, 15) is 23.9 Å².